The minimum absolute atomic E-state index is 0.748. The summed E-state index contributed by atoms with van der Waals surface area (Å²) in [6.45, 7) is 30.0. The molecule has 5 N–H and O–H groups in total. The molecular weight excluding hydrogens is 1110 g/mol. The number of rotatable bonds is 33. The Kier molecular flexibility index (Phi) is 44.0. The summed E-state index contributed by atoms with van der Waals surface area (Å²) >= 11 is 0. The van der Waals surface area contributed by atoms with E-state index in [1.165, 1.54) is 111 Å². The molecule has 9 rings (SSSR count). The largest absolute Gasteiger partial charge is 0.381 e. The third-order valence-electron chi connectivity index (χ3n) is 15.1. The first-order valence-electron chi connectivity index (χ1n) is 33.9. The number of ether oxygens (including phenoxy) is 2. The van der Waals surface area contributed by atoms with E-state index in [1.54, 1.807) is 0 Å². The van der Waals surface area contributed by atoms with Crippen molar-refractivity contribution in [3.63, 3.8) is 0 Å². The summed E-state index contributed by atoms with van der Waals surface area (Å²) in [6.07, 6.45) is 65.5. The molecule has 90 heavy (non-hydrogen) atoms. The summed E-state index contributed by atoms with van der Waals surface area (Å²) < 4.78 is 26.3. The highest BCUT2D eigenvalue weighted by Gasteiger charge is 2.10. The van der Waals surface area contributed by atoms with Crippen LogP contribution in [0.2, 0.25) is 0 Å². The lowest BCUT2D eigenvalue weighted by Crippen LogP contribution is -2.58. The van der Waals surface area contributed by atoms with Crippen molar-refractivity contribution < 1.29 is 42.3 Å². The summed E-state index contributed by atoms with van der Waals surface area (Å²) in [5.41, 5.74) is 6.81. The molecule has 7 aromatic rings. The van der Waals surface area contributed by atoms with Gasteiger partial charge in [-0.25, -0.2) is 46.9 Å². The van der Waals surface area contributed by atoms with Gasteiger partial charge in [0, 0.05) is 44.8 Å². The van der Waals surface area contributed by atoms with Crippen LogP contribution in [0.25, 0.3) is 0 Å². The highest BCUT2D eigenvalue weighted by molar-refractivity contribution is 5.65. The molecule has 1 atom stereocenters. The highest BCUT2D eigenvalue weighted by Crippen LogP contribution is 2.15. The molecule has 5 aromatic heterocycles. The lowest BCUT2D eigenvalue weighted by molar-refractivity contribution is -0.696. The third-order valence-corrected chi connectivity index (χ3v) is 15.1. The molecule has 0 saturated heterocycles. The number of unbranched alkanes of at least 4 members (excludes halogenated alkanes) is 7. The number of hydrogen-bond donors (Lipinski definition) is 5. The molecule has 0 amide bonds. The minimum atomic E-state index is 0.748. The lowest BCUT2D eigenvalue weighted by atomic mass is 9.98. The fourth-order valence-electron chi connectivity index (χ4n) is 9.61. The van der Waals surface area contributed by atoms with Crippen molar-refractivity contribution in [1.82, 2.24) is 24.1 Å². The molecule has 0 fully saturated rings. The van der Waals surface area contributed by atoms with Gasteiger partial charge in [-0.15, -0.1) is 0 Å². The molecule has 2 aromatic carbocycles. The van der Waals surface area contributed by atoms with E-state index < -0.39 is 0 Å². The maximum absolute atomic E-state index is 5.73. The maximum atomic E-state index is 5.73. The first-order chi connectivity index (χ1) is 43.8. The summed E-state index contributed by atoms with van der Waals surface area (Å²) in [7, 11) is 4.07. The summed E-state index contributed by atoms with van der Waals surface area (Å²) in [5.74, 6) is 2.84. The lowest BCUT2D eigenvalue weighted by Gasteiger charge is -2.12. The predicted octanol–water partition coefficient (Wildman–Crippen LogP) is 11.7. The Bertz CT molecular complexity index is 2930. The van der Waals surface area contributed by atoms with E-state index in [9.17, 15) is 0 Å². The fraction of sp³-hybridized carbons (Fsp3) is 0.513. The number of aromatic nitrogens is 10. The molecule has 14 heteroatoms. The second kappa shape index (κ2) is 51.5. The van der Waals surface area contributed by atoms with E-state index >= 15 is 0 Å². The molecule has 0 bridgehead atoms. The average molecular weight is 1240 g/mol. The Morgan fingerprint density at radius 1 is 0.689 bits per heavy atom. The normalized spacial score (nSPS) is 11.9. The topological polar surface area (TPSA) is 123 Å². The molecule has 14 nitrogen and oxygen atoms in total. The highest BCUT2D eigenvalue weighted by atomic mass is 16.5. The molecule has 1 unspecified atom stereocenters. The van der Waals surface area contributed by atoms with Crippen molar-refractivity contribution in [2.75, 3.05) is 26.4 Å². The van der Waals surface area contributed by atoms with Gasteiger partial charge < -0.3 is 9.47 Å². The standard InChI is InChI=1S/C17H32N2O.C17H28N2O.C12H23N2.C11H12N2.C8H7N.C7H11N2.C4H5N/c2*1-16(2)7-6-8-17(3)9-14-20-13-5-4-11-19-12-10-18-15-19;1-3-4-5-6-7-8-9-14-11-10-13(2)12-14;1-10-12-7-8-13(10)9-11-5-3-2-4-6-11;1-2-4-8-7(3-1)5-6-9-8;1-3-4-9-6-5-8(2)7-9;1-2-4-5-3-1/h10,12,15-17H,4-9,11,13-14H2,1-3H3;7,9-10,12,15H,4-6,8,11,13-14H2,1-3H3;10-12H,3-9H2,1-2H3;2-8H,9H2,1H3;1-4,6H,5H2;3,5-7H,1,4H2,2H3;1,3-4H,2H2/q;;+1;;;+1;/p+5/b;17-9+;;;;;. The van der Waals surface area contributed by atoms with Gasteiger partial charge in [0.05, 0.1) is 46.8 Å². The van der Waals surface area contributed by atoms with Crippen molar-refractivity contribution in [3.8, 4) is 0 Å². The number of H-pyrrole nitrogens is 3. The van der Waals surface area contributed by atoms with Crippen molar-refractivity contribution in [2.45, 2.75) is 204 Å². The molecule has 7 heterocycles. The number of fused-ring (bicyclic) bond motifs is 1. The van der Waals surface area contributed by atoms with Gasteiger partial charge in [-0.3, -0.25) is 9.97 Å². The van der Waals surface area contributed by atoms with Gasteiger partial charge in [-0.05, 0) is 102 Å². The summed E-state index contributed by atoms with van der Waals surface area (Å²) in [4.78, 5) is 15.3. The van der Waals surface area contributed by atoms with Gasteiger partial charge in [0.25, 0.3) is 5.82 Å². The molecule has 2 aliphatic rings. The molecule has 0 radical (unpaired) electrons. The predicted molar refractivity (Wildman–Crippen MR) is 371 cm³/mol. The monoisotopic (exact) mass is 1240 g/mol. The molecule has 492 valence electrons. The molecule has 0 aliphatic carbocycles. The zero-order chi connectivity index (χ0) is 64.9. The Balaban J connectivity index is 0.000000283. The number of para-hydroxylation sites is 1. The molecule has 0 spiro atoms. The number of allylic oxidation sites excluding steroid dienone is 5. The van der Waals surface area contributed by atoms with Crippen LogP contribution in [-0.4, -0.2) is 62.9 Å². The average Bonchev–Trinajstić information content (AvgIpc) is 4.16. The van der Waals surface area contributed by atoms with E-state index in [2.05, 4.69) is 226 Å². The third kappa shape index (κ3) is 41.1. The van der Waals surface area contributed by atoms with Gasteiger partial charge >= 0.3 is 0 Å². The van der Waals surface area contributed by atoms with Gasteiger partial charge in [-0.1, -0.05) is 157 Å². The second-order valence-electron chi connectivity index (χ2n) is 24.4. The van der Waals surface area contributed by atoms with Crippen molar-refractivity contribution >= 4 is 18.1 Å². The van der Waals surface area contributed by atoms with Crippen LogP contribution in [0.15, 0.2) is 190 Å². The van der Waals surface area contributed by atoms with Crippen LogP contribution in [0.5, 0.6) is 0 Å². The van der Waals surface area contributed by atoms with Crippen LogP contribution in [0.4, 0.5) is 5.69 Å². The Hall–Kier alpha value is -7.29. The van der Waals surface area contributed by atoms with Crippen LogP contribution >= 0.6 is 0 Å². The van der Waals surface area contributed by atoms with Crippen molar-refractivity contribution in [1.29, 1.82) is 0 Å². The van der Waals surface area contributed by atoms with Gasteiger partial charge in [-0.2, -0.15) is 0 Å². The fourth-order valence-corrected chi connectivity index (χ4v) is 9.61. The number of imidazole rings is 5. The van der Waals surface area contributed by atoms with Gasteiger partial charge in [0.2, 0.25) is 31.0 Å². The Morgan fingerprint density at radius 3 is 1.92 bits per heavy atom. The van der Waals surface area contributed by atoms with Crippen LogP contribution in [0, 0.1) is 18.8 Å². The van der Waals surface area contributed by atoms with E-state index in [0.29, 0.717) is 0 Å². The van der Waals surface area contributed by atoms with E-state index in [4.69, 9.17) is 9.47 Å². The van der Waals surface area contributed by atoms with E-state index in [-0.39, 0.29) is 0 Å². The molecular formula is C76H123N12O2+7. The number of nitrogens with zero attached hydrogens (tertiary/aromatic N) is 7. The first kappa shape index (κ1) is 77.0. The SMILES string of the molecule is C1=C[NH+]=CC1.C1=[NH+]c2ccccc2C1.C=CCn1cc[n+](C)c1.CC(C)=CCC/C(C)=C/COCCCC[n+]1cc[nH]c1.CC(C)CCCC(C)CCOCCCC[n+]1cc[nH]c1.CCCCCCCCn1cc[n+](C)c1.Cc1[nH]cc[n+]1Cc1ccccc1. The minimum Gasteiger partial charge on any atom is -0.381 e. The summed E-state index contributed by atoms with van der Waals surface area (Å²) in [6, 6.07) is 18.8. The number of benzene rings is 2. The van der Waals surface area contributed by atoms with E-state index in [0.717, 1.165) is 109 Å². The summed E-state index contributed by atoms with van der Waals surface area (Å²) in [5, 5.41) is 0. The zero-order valence-corrected chi connectivity index (χ0v) is 57.7. The van der Waals surface area contributed by atoms with Gasteiger partial charge in [0.15, 0.2) is 6.20 Å². The Labute approximate surface area is 545 Å². The second-order valence-corrected chi connectivity index (χ2v) is 24.4. The van der Waals surface area contributed by atoms with E-state index in [1.807, 2.05) is 92.2 Å². The van der Waals surface area contributed by atoms with Crippen LogP contribution in [0.1, 0.15) is 175 Å². The maximum Gasteiger partial charge on any atom is 0.251 e. The van der Waals surface area contributed by atoms with Crippen molar-refractivity contribution in [3.05, 3.63) is 207 Å². The zero-order valence-electron chi connectivity index (χ0n) is 57.7. The first-order valence-corrected chi connectivity index (χ1v) is 33.9. The number of aromatic amines is 3. The number of nitrogens with one attached hydrogen (secondary N) is 5. The van der Waals surface area contributed by atoms with Crippen LogP contribution in [0.3, 0.4) is 0 Å². The number of hydrogen-bond acceptors (Lipinski definition) is 2. The van der Waals surface area contributed by atoms with Crippen LogP contribution < -0.4 is 32.8 Å². The quantitative estimate of drug-likeness (QED) is 0.0160. The smallest absolute Gasteiger partial charge is 0.251 e. The van der Waals surface area contributed by atoms with Gasteiger partial charge in [0.1, 0.15) is 87.5 Å². The molecule has 2 aliphatic heterocycles. The number of aryl methyl sites for hydroxylation is 6. The Morgan fingerprint density at radius 2 is 1.36 bits per heavy atom. The van der Waals surface area contributed by atoms with Crippen LogP contribution in [-0.2, 0) is 62.7 Å². The molecule has 0 saturated carbocycles. The van der Waals surface area contributed by atoms with Crippen molar-refractivity contribution in [2.24, 2.45) is 25.9 Å².